The highest BCUT2D eigenvalue weighted by Crippen LogP contribution is 2.53. The van der Waals surface area contributed by atoms with E-state index in [1.807, 2.05) is 43.3 Å². The molecule has 3 aromatic rings. The van der Waals surface area contributed by atoms with Gasteiger partial charge in [0.15, 0.2) is 11.6 Å². The number of allylic oxidation sites excluding steroid dienone is 1. The number of imidazole rings is 1. The van der Waals surface area contributed by atoms with E-state index < -0.39 is 58.4 Å². The van der Waals surface area contributed by atoms with Crippen LogP contribution in [0, 0.1) is 17.8 Å². The van der Waals surface area contributed by atoms with Gasteiger partial charge >= 0.3 is 0 Å². The van der Waals surface area contributed by atoms with Crippen molar-refractivity contribution < 1.29 is 29.7 Å². The topological polar surface area (TPSA) is 173 Å². The first kappa shape index (κ1) is 26.6. The molecule has 6 N–H and O–H groups in total. The van der Waals surface area contributed by atoms with Crippen molar-refractivity contribution in [2.45, 2.75) is 18.9 Å². The monoisotopic (exact) mass is 557 g/mol. The number of phenolic OH excluding ortho intramolecular Hbond substituents is 1. The van der Waals surface area contributed by atoms with E-state index >= 15 is 0 Å². The standard InChI is InChI=1S/C30H31N5O6/c1-34(2)18-11-15(30-32-16-7-5-6-8-17(16)33-30)24(36)20-13(18)9-12-10-14-21(26(38)19(12)25(20)37)27(39)22(29(31)41)28(40)23(14)35(3)4/h5-8,11-12,14,21,23,36-37,40H,9-10H2,1-4H3,(H2,31,41)(H,32,33). The second kappa shape index (κ2) is 9.20. The van der Waals surface area contributed by atoms with Crippen LogP contribution in [-0.4, -0.2) is 81.9 Å². The van der Waals surface area contributed by atoms with Crippen LogP contribution >= 0.6 is 0 Å². The van der Waals surface area contributed by atoms with Gasteiger partial charge < -0.3 is 30.9 Å². The second-order valence-electron chi connectivity index (χ2n) is 11.4. The fraction of sp³-hybridized carbons (Fsp3) is 0.333. The molecule has 1 amide bonds. The van der Waals surface area contributed by atoms with Crippen molar-refractivity contribution in [3.05, 3.63) is 58.4 Å². The number of carbonyl (C=O) groups excluding carboxylic acids is 3. The van der Waals surface area contributed by atoms with Gasteiger partial charge in [-0.3, -0.25) is 19.3 Å². The number of para-hydroxylation sites is 2. The molecule has 0 spiro atoms. The van der Waals surface area contributed by atoms with Crippen molar-refractivity contribution in [3.8, 4) is 17.1 Å². The van der Waals surface area contributed by atoms with E-state index in [-0.39, 0.29) is 16.9 Å². The number of nitrogens with two attached hydrogens (primary N) is 1. The van der Waals surface area contributed by atoms with Crippen LogP contribution in [0.2, 0.25) is 0 Å². The van der Waals surface area contributed by atoms with Gasteiger partial charge in [0.25, 0.3) is 5.91 Å². The molecule has 2 aromatic carbocycles. The van der Waals surface area contributed by atoms with Crippen LogP contribution in [-0.2, 0) is 20.8 Å². The molecular formula is C30H31N5O6. The summed E-state index contributed by atoms with van der Waals surface area (Å²) in [5, 5.41) is 34.1. The average Bonchev–Trinajstić information content (AvgIpc) is 3.31. The molecule has 6 rings (SSSR count). The quantitative estimate of drug-likeness (QED) is 0.239. The number of benzene rings is 2. The summed E-state index contributed by atoms with van der Waals surface area (Å²) in [4.78, 5) is 51.0. The molecule has 11 heteroatoms. The van der Waals surface area contributed by atoms with Crippen LogP contribution in [0.3, 0.4) is 0 Å². The Morgan fingerprint density at radius 3 is 2.41 bits per heavy atom. The van der Waals surface area contributed by atoms with Crippen LogP contribution in [0.5, 0.6) is 5.75 Å². The lowest BCUT2D eigenvalue weighted by Gasteiger charge is -2.46. The second-order valence-corrected chi connectivity index (χ2v) is 11.4. The smallest absolute Gasteiger partial charge is 0.255 e. The minimum atomic E-state index is -1.30. The number of phenols is 1. The number of carbonyl (C=O) groups is 3. The van der Waals surface area contributed by atoms with Crippen LogP contribution in [0.25, 0.3) is 28.2 Å². The summed E-state index contributed by atoms with van der Waals surface area (Å²) < 4.78 is 0. The van der Waals surface area contributed by atoms with Crippen molar-refractivity contribution in [2.24, 2.45) is 23.5 Å². The molecule has 4 unspecified atom stereocenters. The zero-order chi connectivity index (χ0) is 29.5. The van der Waals surface area contributed by atoms with Gasteiger partial charge in [-0.2, -0.15) is 0 Å². The fourth-order valence-corrected chi connectivity index (χ4v) is 6.97. The largest absolute Gasteiger partial charge is 0.510 e. The Bertz CT molecular complexity index is 1700. The van der Waals surface area contributed by atoms with Crippen molar-refractivity contribution in [2.75, 3.05) is 33.1 Å². The van der Waals surface area contributed by atoms with Gasteiger partial charge in [0.05, 0.1) is 34.1 Å². The number of anilines is 1. The summed E-state index contributed by atoms with van der Waals surface area (Å²) in [7, 11) is 7.09. The van der Waals surface area contributed by atoms with Gasteiger partial charge in [0.2, 0.25) is 0 Å². The lowest BCUT2D eigenvalue weighted by atomic mass is 9.59. The summed E-state index contributed by atoms with van der Waals surface area (Å²) >= 11 is 0. The number of aromatic amines is 1. The molecule has 11 nitrogen and oxygen atoms in total. The van der Waals surface area contributed by atoms with E-state index in [4.69, 9.17) is 5.73 Å². The Labute approximate surface area is 235 Å². The maximum absolute atomic E-state index is 14.0. The van der Waals surface area contributed by atoms with Crippen LogP contribution in [0.4, 0.5) is 5.69 Å². The number of H-pyrrole nitrogens is 1. The molecule has 1 aromatic heterocycles. The number of rotatable bonds is 4. The molecule has 41 heavy (non-hydrogen) atoms. The summed E-state index contributed by atoms with van der Waals surface area (Å²) in [6.07, 6.45) is 0.603. The van der Waals surface area contributed by atoms with E-state index in [2.05, 4.69) is 9.97 Å². The Hall–Kier alpha value is -4.64. The first-order chi connectivity index (χ1) is 19.4. The van der Waals surface area contributed by atoms with Crippen LogP contribution in [0.15, 0.2) is 47.2 Å². The summed E-state index contributed by atoms with van der Waals surface area (Å²) in [5.41, 5.74) is 8.23. The number of nitrogens with zero attached hydrogens (tertiary/aromatic N) is 3. The Morgan fingerprint density at radius 2 is 1.78 bits per heavy atom. The van der Waals surface area contributed by atoms with E-state index in [0.29, 0.717) is 35.3 Å². The van der Waals surface area contributed by atoms with Gasteiger partial charge in [-0.1, -0.05) is 12.1 Å². The van der Waals surface area contributed by atoms with Crippen LogP contribution < -0.4 is 10.6 Å². The number of ketones is 2. The molecule has 3 aliphatic carbocycles. The lowest BCUT2D eigenvalue weighted by Crippen LogP contribution is -2.55. The highest BCUT2D eigenvalue weighted by atomic mass is 16.3. The molecule has 0 aliphatic heterocycles. The number of primary amides is 1. The first-order valence-electron chi connectivity index (χ1n) is 13.3. The number of amides is 1. The highest BCUT2D eigenvalue weighted by Gasteiger charge is 2.56. The number of likely N-dealkylation sites (N-methyl/N-ethyl adjacent to an activating group) is 1. The Balaban J connectivity index is 1.54. The van der Waals surface area contributed by atoms with Gasteiger partial charge in [0, 0.05) is 25.4 Å². The number of nitrogens with one attached hydrogen (secondary N) is 1. The summed E-state index contributed by atoms with van der Waals surface area (Å²) in [6, 6.07) is 8.45. The maximum Gasteiger partial charge on any atom is 0.255 e. The average molecular weight is 558 g/mol. The first-order valence-corrected chi connectivity index (χ1v) is 13.3. The normalized spacial score (nSPS) is 24.0. The third-order valence-corrected chi connectivity index (χ3v) is 8.67. The molecule has 1 heterocycles. The maximum atomic E-state index is 14.0. The number of fused-ring (bicyclic) bond motifs is 4. The number of hydrogen-bond acceptors (Lipinski definition) is 9. The molecule has 0 bridgehead atoms. The molecule has 0 saturated heterocycles. The van der Waals surface area contributed by atoms with Gasteiger partial charge in [-0.25, -0.2) is 4.98 Å². The van der Waals surface area contributed by atoms with Gasteiger partial charge in [0.1, 0.15) is 28.7 Å². The third-order valence-electron chi connectivity index (χ3n) is 8.67. The zero-order valence-electron chi connectivity index (χ0n) is 23.1. The molecule has 0 radical (unpaired) electrons. The Kier molecular flexibility index (Phi) is 5.96. The predicted molar refractivity (Wildman–Crippen MR) is 152 cm³/mol. The third kappa shape index (κ3) is 3.76. The zero-order valence-corrected chi connectivity index (χ0v) is 23.1. The summed E-state index contributed by atoms with van der Waals surface area (Å²) in [6.45, 7) is 0. The summed E-state index contributed by atoms with van der Waals surface area (Å²) in [5.74, 6) is -5.67. The van der Waals surface area contributed by atoms with Crippen molar-refractivity contribution in [1.82, 2.24) is 14.9 Å². The minimum absolute atomic E-state index is 0.0385. The molecule has 1 saturated carbocycles. The molecule has 212 valence electrons. The van der Waals surface area contributed by atoms with E-state index in [9.17, 15) is 29.7 Å². The van der Waals surface area contributed by atoms with Crippen molar-refractivity contribution >= 4 is 40.0 Å². The Morgan fingerprint density at radius 1 is 1.07 bits per heavy atom. The van der Waals surface area contributed by atoms with Gasteiger partial charge in [-0.05, 0) is 62.5 Å². The number of Topliss-reactive ketones (excluding diaryl/α,β-unsaturated/α-hetero) is 2. The van der Waals surface area contributed by atoms with Crippen LogP contribution in [0.1, 0.15) is 17.5 Å². The highest BCUT2D eigenvalue weighted by molar-refractivity contribution is 6.28. The number of aliphatic hydroxyl groups excluding tert-OH is 2. The number of aromatic nitrogens is 2. The minimum Gasteiger partial charge on any atom is -0.510 e. The van der Waals surface area contributed by atoms with E-state index in [1.54, 1.807) is 25.1 Å². The van der Waals surface area contributed by atoms with Crippen molar-refractivity contribution in [1.29, 1.82) is 0 Å². The molecule has 1 fully saturated rings. The predicted octanol–water partition coefficient (Wildman–Crippen LogP) is 2.46. The van der Waals surface area contributed by atoms with Crippen molar-refractivity contribution in [3.63, 3.8) is 0 Å². The molecule has 3 aliphatic rings. The van der Waals surface area contributed by atoms with E-state index in [0.717, 1.165) is 11.2 Å². The molecule has 4 atom stereocenters. The lowest BCUT2D eigenvalue weighted by molar-refractivity contribution is -0.136. The number of aliphatic hydroxyl groups is 2. The molecular weight excluding hydrogens is 526 g/mol. The SMILES string of the molecule is CN(C)c1cc(-c2nc3ccccc3[nH]2)c(O)c2c1CC1CC3C(C(=O)C(C(N)=O)=C(O)C3N(C)C)C(=O)C1=C2O. The number of hydrogen-bond donors (Lipinski definition) is 5. The number of aromatic hydroxyl groups is 1. The van der Waals surface area contributed by atoms with Gasteiger partial charge in [-0.15, -0.1) is 0 Å². The van der Waals surface area contributed by atoms with E-state index in [1.165, 1.54) is 0 Å². The fourth-order valence-electron chi connectivity index (χ4n) is 6.97.